The molecular weight excluding hydrogens is 266 g/mol. The third-order valence-electron chi connectivity index (χ3n) is 3.79. The Kier molecular flexibility index (Phi) is 4.43. The number of aromatic nitrogens is 2. The molecule has 106 valence electrons. The Hall–Kier alpha value is -1.26. The van der Waals surface area contributed by atoms with Crippen molar-refractivity contribution in [2.75, 3.05) is 0 Å². The molecule has 0 saturated heterocycles. The van der Waals surface area contributed by atoms with E-state index in [1.165, 1.54) is 29.2 Å². The van der Waals surface area contributed by atoms with Gasteiger partial charge in [0.25, 0.3) is 0 Å². The molecule has 2 aromatic rings. The predicted molar refractivity (Wildman–Crippen MR) is 82.8 cm³/mol. The van der Waals surface area contributed by atoms with Crippen molar-refractivity contribution in [1.82, 2.24) is 15.3 Å². The van der Waals surface area contributed by atoms with Crippen molar-refractivity contribution < 1.29 is 0 Å². The highest BCUT2D eigenvalue weighted by atomic mass is 32.1. The highest BCUT2D eigenvalue weighted by molar-refractivity contribution is 7.09. The van der Waals surface area contributed by atoms with Gasteiger partial charge in [0.05, 0.1) is 10.7 Å². The molecule has 0 aliphatic heterocycles. The van der Waals surface area contributed by atoms with Crippen LogP contribution in [0.3, 0.4) is 0 Å². The normalized spacial score (nSPS) is 16.2. The highest BCUT2D eigenvalue weighted by Gasteiger charge is 2.31. The molecular formula is C16H21N3S. The molecule has 20 heavy (non-hydrogen) atoms. The first-order valence-corrected chi connectivity index (χ1v) is 8.29. The minimum Gasteiger partial charge on any atom is -0.308 e. The van der Waals surface area contributed by atoms with Crippen molar-refractivity contribution in [3.63, 3.8) is 0 Å². The lowest BCUT2D eigenvalue weighted by Crippen LogP contribution is -2.33. The number of hydrogen-bond donors (Lipinski definition) is 1. The number of nitrogens with zero attached hydrogens (tertiary/aromatic N) is 2. The number of pyridine rings is 1. The van der Waals surface area contributed by atoms with E-state index in [4.69, 9.17) is 0 Å². The average molecular weight is 287 g/mol. The van der Waals surface area contributed by atoms with Gasteiger partial charge in [-0.3, -0.25) is 4.98 Å². The number of aryl methyl sites for hydroxylation is 1. The van der Waals surface area contributed by atoms with Gasteiger partial charge in [-0.1, -0.05) is 13.0 Å². The Balaban J connectivity index is 1.57. The SMILES string of the molecule is CCc1nc(CN[C@H](Cc2ccccn2)C2CC2)cs1. The average Bonchev–Trinajstić information content (AvgIpc) is 3.23. The van der Waals surface area contributed by atoms with E-state index in [1.54, 1.807) is 11.3 Å². The second-order valence-corrected chi connectivity index (χ2v) is 6.38. The fourth-order valence-electron chi connectivity index (χ4n) is 2.48. The lowest BCUT2D eigenvalue weighted by Gasteiger charge is -2.17. The first kappa shape index (κ1) is 13.7. The highest BCUT2D eigenvalue weighted by Crippen LogP contribution is 2.34. The summed E-state index contributed by atoms with van der Waals surface area (Å²) in [5.74, 6) is 0.821. The van der Waals surface area contributed by atoms with Gasteiger partial charge in [-0.15, -0.1) is 11.3 Å². The van der Waals surface area contributed by atoms with Crippen molar-refractivity contribution in [1.29, 1.82) is 0 Å². The minimum absolute atomic E-state index is 0.539. The van der Waals surface area contributed by atoms with Crippen molar-refractivity contribution >= 4 is 11.3 Å². The molecule has 2 heterocycles. The van der Waals surface area contributed by atoms with Crippen LogP contribution in [0.15, 0.2) is 29.8 Å². The van der Waals surface area contributed by atoms with Crippen LogP contribution in [0.4, 0.5) is 0 Å². The topological polar surface area (TPSA) is 37.8 Å². The summed E-state index contributed by atoms with van der Waals surface area (Å²) in [6.45, 7) is 3.04. The molecule has 3 nitrogen and oxygen atoms in total. The molecule has 1 atom stereocenters. The summed E-state index contributed by atoms with van der Waals surface area (Å²) in [7, 11) is 0. The third-order valence-corrected chi connectivity index (χ3v) is 4.84. The van der Waals surface area contributed by atoms with Crippen LogP contribution in [0, 0.1) is 5.92 Å². The molecule has 1 fully saturated rings. The summed E-state index contributed by atoms with van der Waals surface area (Å²) in [6.07, 6.45) is 6.64. The van der Waals surface area contributed by atoms with E-state index in [2.05, 4.69) is 39.7 Å². The van der Waals surface area contributed by atoms with Crippen molar-refractivity contribution in [3.8, 4) is 0 Å². The Morgan fingerprint density at radius 2 is 2.25 bits per heavy atom. The Morgan fingerprint density at radius 3 is 2.90 bits per heavy atom. The maximum absolute atomic E-state index is 4.63. The van der Waals surface area contributed by atoms with Crippen LogP contribution in [-0.4, -0.2) is 16.0 Å². The number of rotatable bonds is 7. The van der Waals surface area contributed by atoms with E-state index >= 15 is 0 Å². The van der Waals surface area contributed by atoms with Crippen LogP contribution in [0.25, 0.3) is 0 Å². The zero-order valence-corrected chi connectivity index (χ0v) is 12.7. The third kappa shape index (κ3) is 3.64. The molecule has 2 aromatic heterocycles. The Labute approximate surface area is 124 Å². The standard InChI is InChI=1S/C16H21N3S/c1-2-16-19-14(11-20-16)10-18-15(12-6-7-12)9-13-5-3-4-8-17-13/h3-5,8,11-12,15,18H,2,6-7,9-10H2,1H3/t15-/m1/s1. The molecule has 3 rings (SSSR count). The van der Waals surface area contributed by atoms with Gasteiger partial charge in [-0.25, -0.2) is 4.98 Å². The summed E-state index contributed by atoms with van der Waals surface area (Å²) >= 11 is 1.77. The fraction of sp³-hybridized carbons (Fsp3) is 0.500. The molecule has 0 aromatic carbocycles. The number of nitrogens with one attached hydrogen (secondary N) is 1. The van der Waals surface area contributed by atoms with Gasteiger partial charge in [-0.2, -0.15) is 0 Å². The second kappa shape index (κ2) is 6.46. The molecule has 0 bridgehead atoms. The first-order chi connectivity index (χ1) is 9.85. The summed E-state index contributed by atoms with van der Waals surface area (Å²) in [5, 5.41) is 7.10. The van der Waals surface area contributed by atoms with Crippen LogP contribution in [-0.2, 0) is 19.4 Å². The zero-order chi connectivity index (χ0) is 13.8. The molecule has 0 spiro atoms. The summed E-state index contributed by atoms with van der Waals surface area (Å²) < 4.78 is 0. The largest absolute Gasteiger partial charge is 0.308 e. The van der Waals surface area contributed by atoms with Gasteiger partial charge in [-0.05, 0) is 37.3 Å². The molecule has 0 radical (unpaired) electrons. The van der Waals surface area contributed by atoms with Crippen LogP contribution in [0.2, 0.25) is 0 Å². The van der Waals surface area contributed by atoms with E-state index in [9.17, 15) is 0 Å². The Bertz CT molecular complexity index is 534. The summed E-state index contributed by atoms with van der Waals surface area (Å²) in [4.78, 5) is 9.08. The molecule has 1 aliphatic rings. The fourth-order valence-corrected chi connectivity index (χ4v) is 3.22. The van der Waals surface area contributed by atoms with Gasteiger partial charge in [0, 0.05) is 36.3 Å². The molecule has 0 amide bonds. The van der Waals surface area contributed by atoms with Crippen molar-refractivity contribution in [2.45, 2.75) is 45.2 Å². The van der Waals surface area contributed by atoms with Gasteiger partial charge < -0.3 is 5.32 Å². The van der Waals surface area contributed by atoms with Crippen molar-refractivity contribution in [2.24, 2.45) is 5.92 Å². The maximum atomic E-state index is 4.63. The van der Waals surface area contributed by atoms with E-state index in [0.29, 0.717) is 6.04 Å². The second-order valence-electron chi connectivity index (χ2n) is 5.44. The molecule has 1 N–H and O–H groups in total. The van der Waals surface area contributed by atoms with Crippen molar-refractivity contribution in [3.05, 3.63) is 46.2 Å². The number of thiazole rings is 1. The first-order valence-electron chi connectivity index (χ1n) is 7.41. The summed E-state index contributed by atoms with van der Waals surface area (Å²) in [6, 6.07) is 6.71. The maximum Gasteiger partial charge on any atom is 0.0926 e. The van der Waals surface area contributed by atoms with Gasteiger partial charge >= 0.3 is 0 Å². The van der Waals surface area contributed by atoms with Crippen LogP contribution in [0.1, 0.15) is 36.2 Å². The van der Waals surface area contributed by atoms with Gasteiger partial charge in [0.1, 0.15) is 0 Å². The van der Waals surface area contributed by atoms with Gasteiger partial charge in [0.2, 0.25) is 0 Å². The minimum atomic E-state index is 0.539. The van der Waals surface area contributed by atoms with E-state index in [1.807, 2.05) is 12.3 Å². The lowest BCUT2D eigenvalue weighted by molar-refractivity contribution is 0.452. The molecule has 1 aliphatic carbocycles. The molecule has 0 unspecified atom stereocenters. The number of hydrogen-bond acceptors (Lipinski definition) is 4. The lowest BCUT2D eigenvalue weighted by atomic mass is 10.1. The van der Waals surface area contributed by atoms with Crippen LogP contribution < -0.4 is 5.32 Å². The molecule has 4 heteroatoms. The van der Waals surface area contributed by atoms with Crippen LogP contribution in [0.5, 0.6) is 0 Å². The quantitative estimate of drug-likeness (QED) is 0.849. The van der Waals surface area contributed by atoms with Crippen LogP contribution >= 0.6 is 11.3 Å². The van der Waals surface area contributed by atoms with E-state index < -0.39 is 0 Å². The van der Waals surface area contributed by atoms with Gasteiger partial charge in [0.15, 0.2) is 0 Å². The zero-order valence-electron chi connectivity index (χ0n) is 11.9. The Morgan fingerprint density at radius 1 is 1.35 bits per heavy atom. The van der Waals surface area contributed by atoms with E-state index in [0.717, 1.165) is 25.3 Å². The molecule has 1 saturated carbocycles. The summed E-state index contributed by atoms with van der Waals surface area (Å²) in [5.41, 5.74) is 2.36. The predicted octanol–water partition coefficient (Wildman–Crippen LogP) is 3.21. The van der Waals surface area contributed by atoms with E-state index in [-0.39, 0.29) is 0 Å². The smallest absolute Gasteiger partial charge is 0.0926 e. The monoisotopic (exact) mass is 287 g/mol.